The minimum absolute atomic E-state index is 0.0627. The molecule has 0 unspecified atom stereocenters. The summed E-state index contributed by atoms with van der Waals surface area (Å²) in [5.41, 5.74) is -0.981. The molecular weight excluding hydrogens is 304 g/mol. The van der Waals surface area contributed by atoms with E-state index in [1.165, 1.54) is 19.2 Å². The van der Waals surface area contributed by atoms with Gasteiger partial charge < -0.3 is 15.2 Å². The van der Waals surface area contributed by atoms with E-state index in [4.69, 9.17) is 9.84 Å². The number of carbonyl (C=O) groups is 2. The molecule has 1 aliphatic rings. The lowest BCUT2D eigenvalue weighted by atomic mass is 9.92. The summed E-state index contributed by atoms with van der Waals surface area (Å²) in [4.78, 5) is 33.8. The number of hydrogen-bond donors (Lipinski definition) is 2. The minimum Gasteiger partial charge on any atom is -0.490 e. The van der Waals surface area contributed by atoms with Crippen molar-refractivity contribution < 1.29 is 24.4 Å². The standard InChI is InChI=1S/C15H18N2O6/c1-23-12-5-4-10(8-11(12)17(21)22)14(20)16-15(9-13(18)19)6-2-3-7-15/h4-5,8H,2-3,6-7,9H2,1H3,(H,16,20)(H,18,19). The second-order valence-corrected chi connectivity index (χ2v) is 5.66. The van der Waals surface area contributed by atoms with Gasteiger partial charge in [-0.2, -0.15) is 0 Å². The number of carboxylic acid groups (broad SMARTS) is 1. The molecule has 0 atom stereocenters. The molecule has 1 aromatic rings. The van der Waals surface area contributed by atoms with Gasteiger partial charge in [0.15, 0.2) is 5.75 Å². The minimum atomic E-state index is -0.979. The van der Waals surface area contributed by atoms with Gasteiger partial charge in [0.05, 0.1) is 24.0 Å². The molecule has 1 amide bonds. The van der Waals surface area contributed by atoms with E-state index in [0.717, 1.165) is 18.9 Å². The molecule has 0 aromatic heterocycles. The number of amides is 1. The molecule has 0 radical (unpaired) electrons. The van der Waals surface area contributed by atoms with Crippen LogP contribution < -0.4 is 10.1 Å². The van der Waals surface area contributed by atoms with Crippen LogP contribution in [0.25, 0.3) is 0 Å². The van der Waals surface area contributed by atoms with Gasteiger partial charge in [0.25, 0.3) is 5.91 Å². The average Bonchev–Trinajstić information content (AvgIpc) is 2.93. The Morgan fingerprint density at radius 1 is 1.39 bits per heavy atom. The maximum absolute atomic E-state index is 12.4. The Balaban J connectivity index is 2.24. The predicted octanol–water partition coefficient (Wildman–Crippen LogP) is 2.12. The molecular formula is C15H18N2O6. The van der Waals surface area contributed by atoms with Crippen LogP contribution in [-0.2, 0) is 4.79 Å². The Morgan fingerprint density at radius 2 is 2.04 bits per heavy atom. The van der Waals surface area contributed by atoms with E-state index < -0.39 is 22.3 Å². The summed E-state index contributed by atoms with van der Waals surface area (Å²) in [6, 6.07) is 3.91. The zero-order chi connectivity index (χ0) is 17.0. The lowest BCUT2D eigenvalue weighted by molar-refractivity contribution is -0.385. The maximum Gasteiger partial charge on any atom is 0.311 e. The second-order valence-electron chi connectivity index (χ2n) is 5.66. The number of hydrogen-bond acceptors (Lipinski definition) is 5. The molecule has 1 aliphatic carbocycles. The largest absolute Gasteiger partial charge is 0.490 e. The fourth-order valence-corrected chi connectivity index (χ4v) is 2.97. The van der Waals surface area contributed by atoms with Gasteiger partial charge in [-0.05, 0) is 25.0 Å². The molecule has 23 heavy (non-hydrogen) atoms. The molecule has 0 heterocycles. The molecule has 124 valence electrons. The van der Waals surface area contributed by atoms with Crippen LogP contribution in [0.3, 0.4) is 0 Å². The molecule has 2 rings (SSSR count). The molecule has 8 heteroatoms. The quantitative estimate of drug-likeness (QED) is 0.611. The molecule has 0 bridgehead atoms. The number of carbonyl (C=O) groups excluding carboxylic acids is 1. The van der Waals surface area contributed by atoms with Crippen LogP contribution in [-0.4, -0.2) is 34.6 Å². The lowest BCUT2D eigenvalue weighted by Crippen LogP contribution is -2.47. The first kappa shape index (κ1) is 16.7. The monoisotopic (exact) mass is 322 g/mol. The van der Waals surface area contributed by atoms with E-state index in [-0.39, 0.29) is 23.4 Å². The van der Waals surface area contributed by atoms with Crippen molar-refractivity contribution >= 4 is 17.6 Å². The highest BCUT2D eigenvalue weighted by Gasteiger charge is 2.37. The molecule has 0 aliphatic heterocycles. The van der Waals surface area contributed by atoms with Gasteiger partial charge in [-0.25, -0.2) is 0 Å². The van der Waals surface area contributed by atoms with Crippen molar-refractivity contribution in [3.63, 3.8) is 0 Å². The first-order valence-corrected chi connectivity index (χ1v) is 7.24. The number of aliphatic carboxylic acids is 1. The van der Waals surface area contributed by atoms with Crippen LogP contribution in [0.4, 0.5) is 5.69 Å². The van der Waals surface area contributed by atoms with Crippen molar-refractivity contribution in [1.82, 2.24) is 5.32 Å². The number of nitrogens with zero attached hydrogens (tertiary/aromatic N) is 1. The predicted molar refractivity (Wildman–Crippen MR) is 80.6 cm³/mol. The zero-order valence-electron chi connectivity index (χ0n) is 12.7. The molecule has 8 nitrogen and oxygen atoms in total. The van der Waals surface area contributed by atoms with Crippen LogP contribution in [0.5, 0.6) is 5.75 Å². The Hall–Kier alpha value is -2.64. The summed E-state index contributed by atoms with van der Waals surface area (Å²) in [5, 5.41) is 22.8. The van der Waals surface area contributed by atoms with Crippen molar-refractivity contribution in [3.8, 4) is 5.75 Å². The summed E-state index contributed by atoms with van der Waals surface area (Å²) >= 11 is 0. The second kappa shape index (κ2) is 6.64. The number of rotatable bonds is 6. The smallest absolute Gasteiger partial charge is 0.311 e. The first-order chi connectivity index (χ1) is 10.9. The Bertz CT molecular complexity index is 637. The number of methoxy groups -OCH3 is 1. The highest BCUT2D eigenvalue weighted by atomic mass is 16.6. The first-order valence-electron chi connectivity index (χ1n) is 7.24. The third-order valence-electron chi connectivity index (χ3n) is 4.07. The van der Waals surface area contributed by atoms with E-state index in [2.05, 4.69) is 5.32 Å². The van der Waals surface area contributed by atoms with Crippen LogP contribution in [0.15, 0.2) is 18.2 Å². The van der Waals surface area contributed by atoms with Crippen molar-refractivity contribution in [1.29, 1.82) is 0 Å². The fraction of sp³-hybridized carbons (Fsp3) is 0.467. The molecule has 1 aromatic carbocycles. The third-order valence-corrected chi connectivity index (χ3v) is 4.07. The van der Waals surface area contributed by atoms with Gasteiger partial charge in [0, 0.05) is 11.6 Å². The van der Waals surface area contributed by atoms with Gasteiger partial charge in [0.1, 0.15) is 0 Å². The van der Waals surface area contributed by atoms with Crippen LogP contribution in [0.1, 0.15) is 42.5 Å². The number of ether oxygens (including phenoxy) is 1. The zero-order valence-corrected chi connectivity index (χ0v) is 12.7. The number of nitro benzene ring substituents is 1. The summed E-state index contributed by atoms with van der Waals surface area (Å²) in [6.45, 7) is 0. The van der Waals surface area contributed by atoms with Crippen LogP contribution in [0, 0.1) is 10.1 Å². The molecule has 0 saturated heterocycles. The van der Waals surface area contributed by atoms with Crippen molar-refractivity contribution in [2.75, 3.05) is 7.11 Å². The van der Waals surface area contributed by atoms with Crippen molar-refractivity contribution in [3.05, 3.63) is 33.9 Å². The van der Waals surface area contributed by atoms with Gasteiger partial charge in [0.2, 0.25) is 0 Å². The van der Waals surface area contributed by atoms with Gasteiger partial charge in [-0.15, -0.1) is 0 Å². The van der Waals surface area contributed by atoms with Gasteiger partial charge in [-0.3, -0.25) is 19.7 Å². The molecule has 1 fully saturated rings. The van der Waals surface area contributed by atoms with Gasteiger partial charge >= 0.3 is 11.7 Å². The Morgan fingerprint density at radius 3 is 2.57 bits per heavy atom. The van der Waals surface area contributed by atoms with E-state index in [0.29, 0.717) is 12.8 Å². The molecule has 0 spiro atoms. The van der Waals surface area contributed by atoms with E-state index in [1.807, 2.05) is 0 Å². The summed E-state index contributed by atoms with van der Waals surface area (Å²) in [5.74, 6) is -1.43. The lowest BCUT2D eigenvalue weighted by Gasteiger charge is -2.28. The molecule has 2 N–H and O–H groups in total. The third kappa shape index (κ3) is 3.77. The topological polar surface area (TPSA) is 119 Å². The summed E-state index contributed by atoms with van der Waals surface area (Å²) in [7, 11) is 1.31. The van der Waals surface area contributed by atoms with Crippen LogP contribution in [0.2, 0.25) is 0 Å². The Kier molecular flexibility index (Phi) is 4.83. The number of carboxylic acids is 1. The summed E-state index contributed by atoms with van der Waals surface area (Å²) in [6.07, 6.45) is 2.70. The highest BCUT2D eigenvalue weighted by Crippen LogP contribution is 2.33. The highest BCUT2D eigenvalue weighted by molar-refractivity contribution is 5.96. The van der Waals surface area contributed by atoms with E-state index in [9.17, 15) is 19.7 Å². The molecule has 1 saturated carbocycles. The van der Waals surface area contributed by atoms with E-state index in [1.54, 1.807) is 0 Å². The van der Waals surface area contributed by atoms with Crippen LogP contribution >= 0.6 is 0 Å². The Labute approximate surface area is 132 Å². The maximum atomic E-state index is 12.4. The average molecular weight is 322 g/mol. The SMILES string of the molecule is COc1ccc(C(=O)NC2(CC(=O)O)CCCC2)cc1[N+](=O)[O-]. The summed E-state index contributed by atoms with van der Waals surface area (Å²) < 4.78 is 4.90. The fourth-order valence-electron chi connectivity index (χ4n) is 2.97. The normalized spacial score (nSPS) is 15.9. The van der Waals surface area contributed by atoms with Crippen molar-refractivity contribution in [2.24, 2.45) is 0 Å². The van der Waals surface area contributed by atoms with Gasteiger partial charge in [-0.1, -0.05) is 12.8 Å². The van der Waals surface area contributed by atoms with Crippen molar-refractivity contribution in [2.45, 2.75) is 37.6 Å². The number of nitrogens with one attached hydrogen (secondary N) is 1. The number of benzene rings is 1. The number of nitro groups is 1. The van der Waals surface area contributed by atoms with E-state index >= 15 is 0 Å².